The van der Waals surface area contributed by atoms with E-state index in [1.807, 2.05) is 26.2 Å². The molecule has 0 aliphatic rings. The Morgan fingerprint density at radius 1 is 1.24 bits per heavy atom. The van der Waals surface area contributed by atoms with E-state index >= 15 is 0 Å². The molecule has 2 aromatic heterocycles. The van der Waals surface area contributed by atoms with Gasteiger partial charge in [0.15, 0.2) is 0 Å². The van der Waals surface area contributed by atoms with E-state index in [-0.39, 0.29) is 0 Å². The van der Waals surface area contributed by atoms with Crippen molar-refractivity contribution in [1.82, 2.24) is 24.7 Å². The molecule has 2 heterocycles. The smallest absolute Gasteiger partial charge is 0.323 e. The predicted molar refractivity (Wildman–Crippen MR) is 80.6 cm³/mol. The van der Waals surface area contributed by atoms with Crippen molar-refractivity contribution >= 4 is 11.9 Å². The number of anilines is 2. The van der Waals surface area contributed by atoms with Gasteiger partial charge in [-0.05, 0) is 12.5 Å². The van der Waals surface area contributed by atoms with Crippen LogP contribution in [0.2, 0.25) is 0 Å². The Kier molecular flexibility index (Phi) is 5.30. The SMILES string of the molecule is CCCOc1nc(NC)nc(NCCc2ccn(C)n2)n1. The van der Waals surface area contributed by atoms with Gasteiger partial charge in [0.25, 0.3) is 0 Å². The minimum absolute atomic E-state index is 0.330. The summed E-state index contributed by atoms with van der Waals surface area (Å²) in [4.78, 5) is 12.6. The lowest BCUT2D eigenvalue weighted by molar-refractivity contribution is 0.292. The molecule has 0 atom stereocenters. The average molecular weight is 291 g/mol. The molecule has 8 heteroatoms. The Labute approximate surface area is 124 Å². The van der Waals surface area contributed by atoms with Gasteiger partial charge in [0.1, 0.15) is 0 Å². The second-order valence-electron chi connectivity index (χ2n) is 4.52. The van der Waals surface area contributed by atoms with Crippen LogP contribution in [-0.4, -0.2) is 44.9 Å². The van der Waals surface area contributed by atoms with Gasteiger partial charge < -0.3 is 15.4 Å². The van der Waals surface area contributed by atoms with E-state index in [4.69, 9.17) is 4.74 Å². The maximum Gasteiger partial charge on any atom is 0.323 e. The predicted octanol–water partition coefficient (Wildman–Crippen LogP) is 1.09. The molecule has 114 valence electrons. The molecular weight excluding hydrogens is 270 g/mol. The van der Waals surface area contributed by atoms with Crippen molar-refractivity contribution in [2.75, 3.05) is 30.8 Å². The van der Waals surface area contributed by atoms with E-state index in [0.717, 1.165) is 18.5 Å². The van der Waals surface area contributed by atoms with Crippen molar-refractivity contribution in [2.24, 2.45) is 7.05 Å². The van der Waals surface area contributed by atoms with Crippen LogP contribution in [-0.2, 0) is 13.5 Å². The summed E-state index contributed by atoms with van der Waals surface area (Å²) < 4.78 is 7.23. The van der Waals surface area contributed by atoms with Gasteiger partial charge in [0, 0.05) is 33.3 Å². The second-order valence-corrected chi connectivity index (χ2v) is 4.52. The van der Waals surface area contributed by atoms with E-state index in [2.05, 4.69) is 30.7 Å². The lowest BCUT2D eigenvalue weighted by Crippen LogP contribution is -2.12. The Balaban J connectivity index is 1.94. The van der Waals surface area contributed by atoms with E-state index in [1.54, 1.807) is 11.7 Å². The van der Waals surface area contributed by atoms with Gasteiger partial charge in [-0.2, -0.15) is 20.1 Å². The monoisotopic (exact) mass is 291 g/mol. The summed E-state index contributed by atoms with van der Waals surface area (Å²) in [5, 5.41) is 10.4. The highest BCUT2D eigenvalue weighted by Gasteiger charge is 2.06. The number of aromatic nitrogens is 5. The summed E-state index contributed by atoms with van der Waals surface area (Å²) in [7, 11) is 3.66. The van der Waals surface area contributed by atoms with Crippen molar-refractivity contribution in [3.8, 4) is 6.01 Å². The first kappa shape index (κ1) is 15.0. The number of ether oxygens (including phenoxy) is 1. The summed E-state index contributed by atoms with van der Waals surface area (Å²) in [5.41, 5.74) is 1.02. The number of nitrogens with one attached hydrogen (secondary N) is 2. The quantitative estimate of drug-likeness (QED) is 0.752. The van der Waals surface area contributed by atoms with Gasteiger partial charge in [-0.25, -0.2) is 0 Å². The molecule has 0 fully saturated rings. The number of aryl methyl sites for hydroxylation is 1. The van der Waals surface area contributed by atoms with E-state index in [1.165, 1.54) is 0 Å². The van der Waals surface area contributed by atoms with Crippen LogP contribution in [0, 0.1) is 0 Å². The van der Waals surface area contributed by atoms with Crippen LogP contribution in [0.5, 0.6) is 6.01 Å². The number of rotatable bonds is 8. The third-order valence-corrected chi connectivity index (χ3v) is 2.71. The first-order valence-electron chi connectivity index (χ1n) is 7.00. The number of hydrogen-bond acceptors (Lipinski definition) is 7. The largest absolute Gasteiger partial charge is 0.463 e. The third kappa shape index (κ3) is 4.59. The minimum atomic E-state index is 0.330. The summed E-state index contributed by atoms with van der Waals surface area (Å²) in [6.07, 6.45) is 3.63. The molecule has 0 bridgehead atoms. The molecule has 0 spiro atoms. The van der Waals surface area contributed by atoms with Gasteiger partial charge in [-0.3, -0.25) is 4.68 Å². The van der Waals surface area contributed by atoms with Crippen LogP contribution in [0.1, 0.15) is 19.0 Å². The molecule has 2 N–H and O–H groups in total. The molecule has 0 amide bonds. The zero-order valence-corrected chi connectivity index (χ0v) is 12.6. The average Bonchev–Trinajstić information content (AvgIpc) is 2.90. The molecule has 2 rings (SSSR count). The summed E-state index contributed by atoms with van der Waals surface area (Å²) >= 11 is 0. The summed E-state index contributed by atoms with van der Waals surface area (Å²) in [5.74, 6) is 0.979. The van der Waals surface area contributed by atoms with Crippen LogP contribution in [0.4, 0.5) is 11.9 Å². The Morgan fingerprint density at radius 2 is 2.05 bits per heavy atom. The molecule has 0 aromatic carbocycles. The normalized spacial score (nSPS) is 10.4. The zero-order valence-electron chi connectivity index (χ0n) is 12.6. The van der Waals surface area contributed by atoms with E-state index in [9.17, 15) is 0 Å². The first-order valence-corrected chi connectivity index (χ1v) is 7.00. The van der Waals surface area contributed by atoms with Gasteiger partial charge in [-0.15, -0.1) is 0 Å². The third-order valence-electron chi connectivity index (χ3n) is 2.71. The van der Waals surface area contributed by atoms with Gasteiger partial charge in [-0.1, -0.05) is 6.92 Å². The molecule has 21 heavy (non-hydrogen) atoms. The highest BCUT2D eigenvalue weighted by molar-refractivity contribution is 5.35. The Morgan fingerprint density at radius 3 is 2.71 bits per heavy atom. The minimum Gasteiger partial charge on any atom is -0.463 e. The van der Waals surface area contributed by atoms with E-state index < -0.39 is 0 Å². The van der Waals surface area contributed by atoms with Crippen molar-refractivity contribution < 1.29 is 4.74 Å². The van der Waals surface area contributed by atoms with Crippen LogP contribution in [0.3, 0.4) is 0 Å². The number of hydrogen-bond donors (Lipinski definition) is 2. The number of nitrogens with zero attached hydrogens (tertiary/aromatic N) is 5. The molecule has 0 saturated carbocycles. The maximum absolute atomic E-state index is 5.45. The molecule has 0 aliphatic heterocycles. The van der Waals surface area contributed by atoms with Crippen LogP contribution < -0.4 is 15.4 Å². The zero-order chi connectivity index (χ0) is 15.1. The van der Waals surface area contributed by atoms with Crippen molar-refractivity contribution in [3.05, 3.63) is 18.0 Å². The lowest BCUT2D eigenvalue weighted by atomic mass is 10.3. The molecule has 0 unspecified atom stereocenters. The molecule has 0 radical (unpaired) electrons. The Bertz CT molecular complexity index is 569. The molecule has 0 aliphatic carbocycles. The van der Waals surface area contributed by atoms with Crippen molar-refractivity contribution in [3.63, 3.8) is 0 Å². The molecule has 2 aromatic rings. The standard InChI is InChI=1S/C13H21N7O/c1-4-9-21-13-17-11(14-2)16-12(18-13)15-7-5-10-6-8-20(3)19-10/h6,8H,4-5,7,9H2,1-3H3,(H2,14,15,16,17,18). The van der Waals surface area contributed by atoms with Crippen LogP contribution >= 0.6 is 0 Å². The molecule has 0 saturated heterocycles. The maximum atomic E-state index is 5.45. The molecule has 8 nitrogen and oxygen atoms in total. The fraction of sp³-hybridized carbons (Fsp3) is 0.538. The van der Waals surface area contributed by atoms with Gasteiger partial charge >= 0.3 is 6.01 Å². The lowest BCUT2D eigenvalue weighted by Gasteiger charge is -2.08. The van der Waals surface area contributed by atoms with Crippen molar-refractivity contribution in [2.45, 2.75) is 19.8 Å². The highest BCUT2D eigenvalue weighted by atomic mass is 16.5. The highest BCUT2D eigenvalue weighted by Crippen LogP contribution is 2.11. The summed E-state index contributed by atoms with van der Waals surface area (Å²) in [6.45, 7) is 3.31. The molecular formula is C13H21N7O. The Hall–Kier alpha value is -2.38. The summed E-state index contributed by atoms with van der Waals surface area (Å²) in [6, 6.07) is 2.32. The van der Waals surface area contributed by atoms with Gasteiger partial charge in [0.05, 0.1) is 12.3 Å². The van der Waals surface area contributed by atoms with Gasteiger partial charge in [0.2, 0.25) is 11.9 Å². The van der Waals surface area contributed by atoms with Crippen LogP contribution in [0.15, 0.2) is 12.3 Å². The first-order chi connectivity index (χ1) is 10.2. The van der Waals surface area contributed by atoms with Crippen LogP contribution in [0.25, 0.3) is 0 Å². The topological polar surface area (TPSA) is 89.8 Å². The van der Waals surface area contributed by atoms with Crippen molar-refractivity contribution in [1.29, 1.82) is 0 Å². The second kappa shape index (κ2) is 7.41. The fourth-order valence-corrected chi connectivity index (χ4v) is 1.70. The fourth-order valence-electron chi connectivity index (χ4n) is 1.70. The van der Waals surface area contributed by atoms with E-state index in [0.29, 0.717) is 31.1 Å².